The van der Waals surface area contributed by atoms with E-state index < -0.39 is 0 Å². The Kier molecular flexibility index (Phi) is 5.70. The molecule has 0 radical (unpaired) electrons. The van der Waals surface area contributed by atoms with E-state index in [1.165, 1.54) is 11.3 Å². The maximum atomic E-state index is 12.2. The Hall–Kier alpha value is -3.06. The van der Waals surface area contributed by atoms with Crippen LogP contribution in [0, 0.1) is 0 Å². The van der Waals surface area contributed by atoms with Gasteiger partial charge in [-0.2, -0.15) is 0 Å². The van der Waals surface area contributed by atoms with Crippen LogP contribution in [0.5, 0.6) is 11.5 Å². The number of rotatable bonds is 7. The number of nitrogens with one attached hydrogen (secondary N) is 1. The fourth-order valence-corrected chi connectivity index (χ4v) is 2.92. The number of thiazole rings is 1. The lowest BCUT2D eigenvalue weighted by Gasteiger charge is -2.11. The molecule has 0 aliphatic heterocycles. The van der Waals surface area contributed by atoms with Gasteiger partial charge < -0.3 is 20.5 Å². The molecule has 0 aliphatic rings. The van der Waals surface area contributed by atoms with Gasteiger partial charge in [0.05, 0.1) is 18.0 Å². The van der Waals surface area contributed by atoms with Crippen LogP contribution in [0.4, 0.5) is 10.8 Å². The van der Waals surface area contributed by atoms with Crippen LogP contribution >= 0.6 is 11.3 Å². The van der Waals surface area contributed by atoms with Gasteiger partial charge in [-0.1, -0.05) is 18.2 Å². The van der Waals surface area contributed by atoms with Crippen LogP contribution in [0.1, 0.15) is 6.92 Å². The number of benzene rings is 2. The third-order valence-corrected chi connectivity index (χ3v) is 4.18. The third-order valence-electron chi connectivity index (χ3n) is 3.50. The summed E-state index contributed by atoms with van der Waals surface area (Å²) in [5.74, 6) is 1.11. The Morgan fingerprint density at radius 3 is 2.46 bits per heavy atom. The topological polar surface area (TPSA) is 86.5 Å². The quantitative estimate of drug-likeness (QED) is 0.661. The van der Waals surface area contributed by atoms with E-state index in [0.717, 1.165) is 17.0 Å². The maximum absolute atomic E-state index is 12.2. The minimum Gasteiger partial charge on any atom is -0.494 e. The first-order valence-electron chi connectivity index (χ1n) is 8.11. The lowest BCUT2D eigenvalue weighted by atomic mass is 10.1. The lowest BCUT2D eigenvalue weighted by molar-refractivity contribution is -0.118. The van der Waals surface area contributed by atoms with Gasteiger partial charge in [-0.15, -0.1) is 11.3 Å². The van der Waals surface area contributed by atoms with Gasteiger partial charge in [-0.05, 0) is 37.3 Å². The first kappa shape index (κ1) is 17.8. The number of nitrogens with two attached hydrogens (primary N) is 1. The second-order valence-electron chi connectivity index (χ2n) is 5.36. The summed E-state index contributed by atoms with van der Waals surface area (Å²) in [5.41, 5.74) is 7.91. The molecule has 7 heteroatoms. The van der Waals surface area contributed by atoms with Gasteiger partial charge in [-0.25, -0.2) is 4.98 Å². The highest BCUT2D eigenvalue weighted by molar-refractivity contribution is 7.13. The van der Waals surface area contributed by atoms with Crippen LogP contribution in [0.3, 0.4) is 0 Å². The molecular weight excluding hydrogens is 350 g/mol. The largest absolute Gasteiger partial charge is 0.494 e. The fraction of sp³-hybridized carbons (Fsp3) is 0.158. The molecule has 0 aliphatic carbocycles. The van der Waals surface area contributed by atoms with Gasteiger partial charge in [0.15, 0.2) is 11.7 Å². The molecule has 3 N–H and O–H groups in total. The summed E-state index contributed by atoms with van der Waals surface area (Å²) < 4.78 is 10.9. The highest BCUT2D eigenvalue weighted by atomic mass is 32.1. The Morgan fingerprint density at radius 2 is 1.81 bits per heavy atom. The maximum Gasteiger partial charge on any atom is 0.262 e. The molecule has 2 aromatic carbocycles. The summed E-state index contributed by atoms with van der Waals surface area (Å²) in [6.45, 7) is 2.43. The number of carbonyl (C=O) groups is 1. The summed E-state index contributed by atoms with van der Waals surface area (Å²) >= 11 is 1.36. The van der Waals surface area contributed by atoms with Gasteiger partial charge in [0.1, 0.15) is 11.5 Å². The van der Waals surface area contributed by atoms with Crippen molar-refractivity contribution in [1.82, 2.24) is 4.98 Å². The SMILES string of the molecule is CCOc1ccc(OCC(=O)Nc2ccccc2-c2csc(N)n2)cc1. The van der Waals surface area contributed by atoms with E-state index in [-0.39, 0.29) is 12.5 Å². The Labute approximate surface area is 155 Å². The molecule has 1 amide bonds. The third kappa shape index (κ3) is 4.52. The zero-order valence-electron chi connectivity index (χ0n) is 14.3. The van der Waals surface area contributed by atoms with E-state index in [1.807, 2.05) is 36.6 Å². The molecule has 0 saturated carbocycles. The average Bonchev–Trinajstić information content (AvgIpc) is 3.08. The summed E-state index contributed by atoms with van der Waals surface area (Å²) in [4.78, 5) is 16.5. The van der Waals surface area contributed by atoms with Crippen molar-refractivity contribution in [3.8, 4) is 22.8 Å². The van der Waals surface area contributed by atoms with Gasteiger partial charge in [0.2, 0.25) is 0 Å². The number of nitrogens with zero attached hydrogens (tertiary/aromatic N) is 1. The zero-order chi connectivity index (χ0) is 18.4. The van der Waals surface area contributed by atoms with Crippen molar-refractivity contribution in [3.63, 3.8) is 0 Å². The average molecular weight is 369 g/mol. The van der Waals surface area contributed by atoms with Crippen molar-refractivity contribution < 1.29 is 14.3 Å². The number of aromatic nitrogens is 1. The number of ether oxygens (including phenoxy) is 2. The molecule has 134 valence electrons. The fourth-order valence-electron chi connectivity index (χ4n) is 2.36. The molecule has 0 bridgehead atoms. The van der Waals surface area contributed by atoms with Crippen molar-refractivity contribution in [3.05, 3.63) is 53.9 Å². The molecule has 0 unspecified atom stereocenters. The van der Waals surface area contributed by atoms with Gasteiger partial charge >= 0.3 is 0 Å². The molecule has 26 heavy (non-hydrogen) atoms. The first-order valence-corrected chi connectivity index (χ1v) is 8.99. The van der Waals surface area contributed by atoms with Gasteiger partial charge in [-0.3, -0.25) is 4.79 Å². The number of hydrogen-bond acceptors (Lipinski definition) is 6. The van der Waals surface area contributed by atoms with E-state index >= 15 is 0 Å². The molecule has 6 nitrogen and oxygen atoms in total. The molecule has 0 fully saturated rings. The van der Waals surface area contributed by atoms with Gasteiger partial charge in [0.25, 0.3) is 5.91 Å². The second-order valence-corrected chi connectivity index (χ2v) is 6.25. The Bertz CT molecular complexity index is 878. The molecular formula is C19H19N3O3S. The second kappa shape index (κ2) is 8.35. The zero-order valence-corrected chi connectivity index (χ0v) is 15.1. The minimum absolute atomic E-state index is 0.0957. The molecule has 1 aromatic heterocycles. The van der Waals surface area contributed by atoms with Crippen LogP contribution < -0.4 is 20.5 Å². The summed E-state index contributed by atoms with van der Waals surface area (Å²) in [6.07, 6.45) is 0. The summed E-state index contributed by atoms with van der Waals surface area (Å²) in [7, 11) is 0. The van der Waals surface area contributed by atoms with Crippen molar-refractivity contribution in [2.75, 3.05) is 24.3 Å². The Morgan fingerprint density at radius 1 is 1.12 bits per heavy atom. The van der Waals surface area contributed by atoms with Crippen LogP contribution in [-0.4, -0.2) is 24.1 Å². The predicted molar refractivity (Wildman–Crippen MR) is 104 cm³/mol. The minimum atomic E-state index is -0.255. The molecule has 3 rings (SSSR count). The number of anilines is 2. The summed E-state index contributed by atoms with van der Waals surface area (Å²) in [5, 5.41) is 5.20. The van der Waals surface area contributed by atoms with Gasteiger partial charge in [0, 0.05) is 10.9 Å². The first-order chi connectivity index (χ1) is 12.7. The van der Waals surface area contributed by atoms with Crippen molar-refractivity contribution in [2.24, 2.45) is 0 Å². The monoisotopic (exact) mass is 369 g/mol. The van der Waals surface area contributed by atoms with E-state index in [0.29, 0.717) is 23.2 Å². The lowest BCUT2D eigenvalue weighted by Crippen LogP contribution is -2.20. The smallest absolute Gasteiger partial charge is 0.262 e. The number of carbonyl (C=O) groups excluding carboxylic acids is 1. The van der Waals surface area contributed by atoms with Crippen molar-refractivity contribution in [1.29, 1.82) is 0 Å². The van der Waals surface area contributed by atoms with E-state index in [2.05, 4.69) is 10.3 Å². The molecule has 0 spiro atoms. The normalized spacial score (nSPS) is 10.3. The predicted octanol–water partition coefficient (Wildman–Crippen LogP) is 3.81. The number of para-hydroxylation sites is 1. The molecule has 0 saturated heterocycles. The number of amides is 1. The van der Waals surface area contributed by atoms with Crippen LogP contribution in [0.15, 0.2) is 53.9 Å². The van der Waals surface area contributed by atoms with E-state index in [9.17, 15) is 4.79 Å². The van der Waals surface area contributed by atoms with Crippen molar-refractivity contribution >= 4 is 28.1 Å². The van der Waals surface area contributed by atoms with Crippen molar-refractivity contribution in [2.45, 2.75) is 6.92 Å². The van der Waals surface area contributed by atoms with Crippen LogP contribution in [0.25, 0.3) is 11.3 Å². The highest BCUT2D eigenvalue weighted by Gasteiger charge is 2.11. The van der Waals surface area contributed by atoms with E-state index in [1.54, 1.807) is 24.3 Å². The molecule has 1 heterocycles. The standard InChI is InChI=1S/C19H19N3O3S/c1-2-24-13-7-9-14(10-8-13)25-11-18(23)21-16-6-4-3-5-15(16)17-12-26-19(20)22-17/h3-10,12H,2,11H2,1H3,(H2,20,22)(H,21,23). The number of nitrogen functional groups attached to an aromatic ring is 1. The number of hydrogen-bond donors (Lipinski definition) is 2. The summed E-state index contributed by atoms with van der Waals surface area (Å²) in [6, 6.07) is 14.6. The van der Waals surface area contributed by atoms with E-state index in [4.69, 9.17) is 15.2 Å². The highest BCUT2D eigenvalue weighted by Crippen LogP contribution is 2.29. The molecule has 0 atom stereocenters. The Balaban J connectivity index is 1.62. The van der Waals surface area contributed by atoms with Crippen LogP contribution in [0.2, 0.25) is 0 Å². The molecule has 3 aromatic rings. The van der Waals surface area contributed by atoms with Crippen LogP contribution in [-0.2, 0) is 4.79 Å².